The molecule has 2 nitrogen and oxygen atoms in total. The largest absolute Gasteiger partial charge is 0.352 e. The van der Waals surface area contributed by atoms with Crippen molar-refractivity contribution in [3.05, 3.63) is 57.8 Å². The fraction of sp³-hybridized carbons (Fsp3) is 0.214. The van der Waals surface area contributed by atoms with Gasteiger partial charge in [-0.2, -0.15) is 11.3 Å². The maximum absolute atomic E-state index is 11.8. The first-order valence-corrected chi connectivity index (χ1v) is 6.56. The summed E-state index contributed by atoms with van der Waals surface area (Å²) in [5.41, 5.74) is 3.17. The molecule has 0 bridgehead atoms. The first-order chi connectivity index (χ1) is 8.25. The fourth-order valence-electron chi connectivity index (χ4n) is 1.56. The standard InChI is InChI=1S/C14H15NOS/c1-11-2-4-13(5-3-11)14(16)15-8-6-12-7-9-17-10-12/h2-5,7,9-10H,6,8H2,1H3,(H,15,16). The van der Waals surface area contributed by atoms with Gasteiger partial charge in [-0.25, -0.2) is 0 Å². The van der Waals surface area contributed by atoms with E-state index in [4.69, 9.17) is 0 Å². The van der Waals surface area contributed by atoms with Gasteiger partial charge in [0.15, 0.2) is 0 Å². The van der Waals surface area contributed by atoms with Gasteiger partial charge in [0.1, 0.15) is 0 Å². The van der Waals surface area contributed by atoms with E-state index in [1.165, 1.54) is 11.1 Å². The molecule has 17 heavy (non-hydrogen) atoms. The minimum Gasteiger partial charge on any atom is -0.352 e. The Kier molecular flexibility index (Phi) is 3.94. The van der Waals surface area contributed by atoms with Crippen LogP contribution >= 0.6 is 11.3 Å². The van der Waals surface area contributed by atoms with E-state index in [9.17, 15) is 4.79 Å². The Morgan fingerprint density at radius 2 is 2.00 bits per heavy atom. The third kappa shape index (κ3) is 3.43. The minimum absolute atomic E-state index is 0.000213. The number of benzene rings is 1. The lowest BCUT2D eigenvalue weighted by Gasteiger charge is -2.04. The SMILES string of the molecule is Cc1ccc(C(=O)NCCc2ccsc2)cc1. The van der Waals surface area contributed by atoms with Gasteiger partial charge < -0.3 is 5.32 Å². The van der Waals surface area contributed by atoms with E-state index in [1.807, 2.05) is 31.2 Å². The molecule has 0 aliphatic heterocycles. The highest BCUT2D eigenvalue weighted by atomic mass is 32.1. The normalized spacial score (nSPS) is 10.2. The van der Waals surface area contributed by atoms with E-state index < -0.39 is 0 Å². The van der Waals surface area contributed by atoms with Crippen molar-refractivity contribution >= 4 is 17.2 Å². The Bertz CT molecular complexity index is 473. The topological polar surface area (TPSA) is 29.1 Å². The van der Waals surface area contributed by atoms with Crippen molar-refractivity contribution in [2.75, 3.05) is 6.54 Å². The van der Waals surface area contributed by atoms with Crippen LogP contribution in [0.5, 0.6) is 0 Å². The molecule has 1 N–H and O–H groups in total. The number of hydrogen-bond acceptors (Lipinski definition) is 2. The maximum atomic E-state index is 11.8. The zero-order valence-corrected chi connectivity index (χ0v) is 10.6. The molecule has 1 aromatic heterocycles. The lowest BCUT2D eigenvalue weighted by molar-refractivity contribution is 0.0954. The quantitative estimate of drug-likeness (QED) is 0.881. The molecule has 0 atom stereocenters. The molecule has 1 aromatic carbocycles. The average Bonchev–Trinajstić information content (AvgIpc) is 2.83. The number of rotatable bonds is 4. The van der Waals surface area contributed by atoms with E-state index in [-0.39, 0.29) is 5.91 Å². The van der Waals surface area contributed by atoms with Crippen LogP contribution in [0.4, 0.5) is 0 Å². The summed E-state index contributed by atoms with van der Waals surface area (Å²) in [4.78, 5) is 11.8. The molecule has 1 amide bonds. The second-order valence-electron chi connectivity index (χ2n) is 4.00. The molecular weight excluding hydrogens is 230 g/mol. The number of nitrogens with one attached hydrogen (secondary N) is 1. The van der Waals surface area contributed by atoms with Gasteiger partial charge in [-0.1, -0.05) is 17.7 Å². The Labute approximate surface area is 105 Å². The number of hydrogen-bond donors (Lipinski definition) is 1. The van der Waals surface area contributed by atoms with Crippen molar-refractivity contribution in [1.29, 1.82) is 0 Å². The summed E-state index contributed by atoms with van der Waals surface area (Å²) in [6.07, 6.45) is 0.890. The molecule has 2 rings (SSSR count). The molecular formula is C14H15NOS. The number of carbonyl (C=O) groups is 1. The molecule has 0 unspecified atom stereocenters. The molecule has 0 aliphatic rings. The lowest BCUT2D eigenvalue weighted by Crippen LogP contribution is -2.25. The van der Waals surface area contributed by atoms with Gasteiger partial charge in [0.05, 0.1) is 0 Å². The molecule has 0 spiro atoms. The number of thiophene rings is 1. The molecule has 0 fully saturated rings. The van der Waals surface area contributed by atoms with Crippen molar-refractivity contribution in [3.63, 3.8) is 0 Å². The van der Waals surface area contributed by atoms with Gasteiger partial charge >= 0.3 is 0 Å². The number of carbonyl (C=O) groups excluding carboxylic acids is 1. The molecule has 2 aromatic rings. The van der Waals surface area contributed by atoms with Gasteiger partial charge in [0, 0.05) is 12.1 Å². The van der Waals surface area contributed by atoms with Gasteiger partial charge in [0.25, 0.3) is 5.91 Å². The Hall–Kier alpha value is -1.61. The van der Waals surface area contributed by atoms with Crippen LogP contribution in [0.15, 0.2) is 41.1 Å². The van der Waals surface area contributed by atoms with Gasteiger partial charge in [-0.05, 0) is 47.9 Å². The minimum atomic E-state index is 0.000213. The summed E-state index contributed by atoms with van der Waals surface area (Å²) >= 11 is 1.68. The van der Waals surface area contributed by atoms with Crippen molar-refractivity contribution in [2.45, 2.75) is 13.3 Å². The summed E-state index contributed by atoms with van der Waals surface area (Å²) in [5, 5.41) is 7.08. The predicted molar refractivity (Wildman–Crippen MR) is 71.5 cm³/mol. The maximum Gasteiger partial charge on any atom is 0.251 e. The van der Waals surface area contributed by atoms with E-state index in [0.717, 1.165) is 12.0 Å². The van der Waals surface area contributed by atoms with Gasteiger partial charge in [-0.15, -0.1) is 0 Å². The second kappa shape index (κ2) is 5.64. The van der Waals surface area contributed by atoms with Crippen LogP contribution in [-0.4, -0.2) is 12.5 Å². The van der Waals surface area contributed by atoms with E-state index in [1.54, 1.807) is 11.3 Å². The van der Waals surface area contributed by atoms with Crippen LogP contribution in [0.1, 0.15) is 21.5 Å². The molecule has 0 saturated heterocycles. The van der Waals surface area contributed by atoms with Crippen molar-refractivity contribution < 1.29 is 4.79 Å². The van der Waals surface area contributed by atoms with Crippen LogP contribution in [0.25, 0.3) is 0 Å². The second-order valence-corrected chi connectivity index (χ2v) is 4.78. The van der Waals surface area contributed by atoms with E-state index in [0.29, 0.717) is 6.54 Å². The zero-order valence-electron chi connectivity index (χ0n) is 9.77. The van der Waals surface area contributed by atoms with Gasteiger partial charge in [-0.3, -0.25) is 4.79 Å². The smallest absolute Gasteiger partial charge is 0.251 e. The number of amides is 1. The third-order valence-electron chi connectivity index (χ3n) is 2.59. The summed E-state index contributed by atoms with van der Waals surface area (Å²) in [5.74, 6) is 0.000213. The predicted octanol–water partition coefficient (Wildman–Crippen LogP) is 3.03. The zero-order chi connectivity index (χ0) is 12.1. The highest BCUT2D eigenvalue weighted by Gasteiger charge is 2.03. The highest BCUT2D eigenvalue weighted by Crippen LogP contribution is 2.06. The summed E-state index contributed by atoms with van der Waals surface area (Å²) < 4.78 is 0. The van der Waals surface area contributed by atoms with Crippen molar-refractivity contribution in [2.24, 2.45) is 0 Å². The fourth-order valence-corrected chi connectivity index (χ4v) is 2.27. The Balaban J connectivity index is 1.83. The Morgan fingerprint density at radius 1 is 1.24 bits per heavy atom. The summed E-state index contributed by atoms with van der Waals surface area (Å²) in [6.45, 7) is 2.70. The van der Waals surface area contributed by atoms with Crippen molar-refractivity contribution in [1.82, 2.24) is 5.32 Å². The summed E-state index contributed by atoms with van der Waals surface area (Å²) in [6, 6.07) is 9.70. The van der Waals surface area contributed by atoms with E-state index in [2.05, 4.69) is 22.1 Å². The summed E-state index contributed by atoms with van der Waals surface area (Å²) in [7, 11) is 0. The molecule has 3 heteroatoms. The average molecular weight is 245 g/mol. The van der Waals surface area contributed by atoms with Crippen LogP contribution in [0.3, 0.4) is 0 Å². The van der Waals surface area contributed by atoms with Crippen LogP contribution < -0.4 is 5.32 Å². The first kappa shape index (κ1) is 11.9. The van der Waals surface area contributed by atoms with E-state index >= 15 is 0 Å². The third-order valence-corrected chi connectivity index (χ3v) is 3.33. The highest BCUT2D eigenvalue weighted by molar-refractivity contribution is 7.07. The first-order valence-electron chi connectivity index (χ1n) is 5.61. The molecule has 1 heterocycles. The monoisotopic (exact) mass is 245 g/mol. The van der Waals surface area contributed by atoms with Crippen LogP contribution in [0.2, 0.25) is 0 Å². The van der Waals surface area contributed by atoms with Crippen LogP contribution in [-0.2, 0) is 6.42 Å². The lowest BCUT2D eigenvalue weighted by atomic mass is 10.1. The molecule has 88 valence electrons. The molecule has 0 aliphatic carbocycles. The Morgan fingerprint density at radius 3 is 2.65 bits per heavy atom. The van der Waals surface area contributed by atoms with Gasteiger partial charge in [0.2, 0.25) is 0 Å². The van der Waals surface area contributed by atoms with Crippen molar-refractivity contribution in [3.8, 4) is 0 Å². The van der Waals surface area contributed by atoms with Crippen LogP contribution in [0, 0.1) is 6.92 Å². The number of aryl methyl sites for hydroxylation is 1. The molecule has 0 saturated carbocycles. The molecule has 0 radical (unpaired) electrons.